The highest BCUT2D eigenvalue weighted by molar-refractivity contribution is 6.04. The van der Waals surface area contributed by atoms with Crippen molar-refractivity contribution in [1.29, 1.82) is 0 Å². The van der Waals surface area contributed by atoms with Crippen molar-refractivity contribution in [2.45, 2.75) is 63.6 Å². The van der Waals surface area contributed by atoms with Gasteiger partial charge in [-0.1, -0.05) is 18.6 Å². The molecule has 3 fully saturated rings. The monoisotopic (exact) mass is 456 g/mol. The Labute approximate surface area is 196 Å². The first-order chi connectivity index (χ1) is 16.0. The molecule has 1 aromatic carbocycles. The van der Waals surface area contributed by atoms with Crippen LogP contribution in [-0.2, 0) is 16.1 Å². The van der Waals surface area contributed by atoms with E-state index in [4.69, 9.17) is 4.74 Å². The smallest absolute Gasteiger partial charge is 0.325 e. The van der Waals surface area contributed by atoms with Crippen molar-refractivity contribution in [2.24, 2.45) is 5.92 Å². The Morgan fingerprint density at radius 3 is 2.64 bits per heavy atom. The zero-order valence-corrected chi connectivity index (χ0v) is 19.8. The quantitative estimate of drug-likeness (QED) is 0.608. The van der Waals surface area contributed by atoms with Gasteiger partial charge in [0, 0.05) is 26.1 Å². The van der Waals surface area contributed by atoms with Crippen LogP contribution in [-0.4, -0.2) is 78.4 Å². The standard InChI is InChI=1S/C25H36N4O4/c1-27(17-19-6-5-15-28-14-4-3-7-22(19)28)23(30)13-12-21-24(31)29(25(32)26-21)16-18-8-10-20(33-2)11-9-18/h8-11,19,21-22H,3-7,12-17H2,1-2H3,(H,26,32)/t19-,21-,22+/m1/s1. The molecular weight excluding hydrogens is 420 g/mol. The number of imide groups is 1. The van der Waals surface area contributed by atoms with Gasteiger partial charge in [0.1, 0.15) is 11.8 Å². The molecular formula is C25H36N4O4. The van der Waals surface area contributed by atoms with E-state index in [0.717, 1.165) is 17.9 Å². The van der Waals surface area contributed by atoms with Gasteiger partial charge in [-0.15, -0.1) is 0 Å². The number of ether oxygens (including phenoxy) is 1. The predicted molar refractivity (Wildman–Crippen MR) is 125 cm³/mol. The summed E-state index contributed by atoms with van der Waals surface area (Å²) in [7, 11) is 3.46. The molecule has 0 aromatic heterocycles. The number of hydrogen-bond acceptors (Lipinski definition) is 5. The van der Waals surface area contributed by atoms with Crippen molar-refractivity contribution >= 4 is 17.8 Å². The van der Waals surface area contributed by atoms with Crippen LogP contribution in [0.5, 0.6) is 5.75 Å². The minimum atomic E-state index is -0.642. The number of nitrogens with one attached hydrogen (secondary N) is 1. The zero-order valence-electron chi connectivity index (χ0n) is 19.8. The van der Waals surface area contributed by atoms with Crippen LogP contribution >= 0.6 is 0 Å². The second kappa shape index (κ2) is 10.5. The lowest BCUT2D eigenvalue weighted by atomic mass is 9.83. The molecule has 3 aliphatic rings. The molecule has 4 amide bonds. The van der Waals surface area contributed by atoms with Gasteiger partial charge in [-0.3, -0.25) is 14.5 Å². The second-order valence-electron chi connectivity index (χ2n) is 9.59. The maximum absolute atomic E-state index is 12.8. The van der Waals surface area contributed by atoms with Crippen molar-refractivity contribution in [1.82, 2.24) is 20.0 Å². The molecule has 0 radical (unpaired) electrons. The van der Waals surface area contributed by atoms with Gasteiger partial charge in [0.2, 0.25) is 5.91 Å². The summed E-state index contributed by atoms with van der Waals surface area (Å²) in [5.41, 5.74) is 0.847. The van der Waals surface area contributed by atoms with E-state index < -0.39 is 12.1 Å². The number of rotatable bonds is 8. The fraction of sp³-hybridized carbons (Fsp3) is 0.640. The van der Waals surface area contributed by atoms with Crippen molar-refractivity contribution in [3.8, 4) is 5.75 Å². The van der Waals surface area contributed by atoms with Gasteiger partial charge in [0.05, 0.1) is 13.7 Å². The molecule has 1 aromatic rings. The Morgan fingerprint density at radius 1 is 1.12 bits per heavy atom. The van der Waals surface area contributed by atoms with E-state index >= 15 is 0 Å². The zero-order chi connectivity index (χ0) is 23.4. The maximum atomic E-state index is 12.8. The van der Waals surface area contributed by atoms with E-state index in [2.05, 4.69) is 10.2 Å². The molecule has 8 heteroatoms. The highest BCUT2D eigenvalue weighted by atomic mass is 16.5. The van der Waals surface area contributed by atoms with Gasteiger partial charge in [0.25, 0.3) is 5.91 Å². The van der Waals surface area contributed by atoms with Crippen molar-refractivity contribution in [3.05, 3.63) is 29.8 Å². The lowest BCUT2D eigenvalue weighted by Crippen LogP contribution is -2.51. The van der Waals surface area contributed by atoms with Gasteiger partial charge in [-0.25, -0.2) is 4.79 Å². The molecule has 1 N–H and O–H groups in total. The third kappa shape index (κ3) is 5.49. The number of piperidine rings is 2. The number of carbonyl (C=O) groups excluding carboxylic acids is 3. The molecule has 4 rings (SSSR count). The number of carbonyl (C=O) groups is 3. The maximum Gasteiger partial charge on any atom is 0.325 e. The lowest BCUT2D eigenvalue weighted by Gasteiger charge is -2.45. The van der Waals surface area contributed by atoms with Crippen LogP contribution in [0.2, 0.25) is 0 Å². The molecule has 0 bridgehead atoms. The number of fused-ring (bicyclic) bond motifs is 1. The van der Waals surface area contributed by atoms with Crippen LogP contribution in [0.3, 0.4) is 0 Å². The highest BCUT2D eigenvalue weighted by Crippen LogP contribution is 2.31. The largest absolute Gasteiger partial charge is 0.497 e. The third-order valence-electron chi connectivity index (χ3n) is 7.42. The first-order valence-electron chi connectivity index (χ1n) is 12.2. The van der Waals surface area contributed by atoms with Crippen molar-refractivity contribution in [2.75, 3.05) is 33.8 Å². The number of methoxy groups -OCH3 is 1. The Morgan fingerprint density at radius 2 is 1.88 bits per heavy atom. The van der Waals surface area contributed by atoms with Crippen molar-refractivity contribution < 1.29 is 19.1 Å². The summed E-state index contributed by atoms with van der Waals surface area (Å²) in [6.07, 6.45) is 6.77. The molecule has 0 saturated carbocycles. The average Bonchev–Trinajstić information content (AvgIpc) is 3.10. The topological polar surface area (TPSA) is 82.2 Å². The summed E-state index contributed by atoms with van der Waals surface area (Å²) < 4.78 is 5.15. The highest BCUT2D eigenvalue weighted by Gasteiger charge is 2.38. The van der Waals surface area contributed by atoms with E-state index in [9.17, 15) is 14.4 Å². The van der Waals surface area contributed by atoms with Gasteiger partial charge in [-0.2, -0.15) is 0 Å². The third-order valence-corrected chi connectivity index (χ3v) is 7.42. The summed E-state index contributed by atoms with van der Waals surface area (Å²) in [6.45, 7) is 3.36. The van der Waals surface area contributed by atoms with Crippen LogP contribution in [0.1, 0.15) is 50.5 Å². The molecule has 0 spiro atoms. The van der Waals surface area contributed by atoms with Gasteiger partial charge >= 0.3 is 6.03 Å². The minimum Gasteiger partial charge on any atom is -0.497 e. The normalized spacial score (nSPS) is 25.5. The fourth-order valence-corrected chi connectivity index (χ4v) is 5.54. The molecule has 3 aliphatic heterocycles. The average molecular weight is 457 g/mol. The van der Waals surface area contributed by atoms with Crippen LogP contribution < -0.4 is 10.1 Å². The van der Waals surface area contributed by atoms with Crippen LogP contribution in [0.4, 0.5) is 4.79 Å². The summed E-state index contributed by atoms with van der Waals surface area (Å²) in [4.78, 5) is 43.6. The van der Waals surface area contributed by atoms with Gasteiger partial charge in [0.15, 0.2) is 0 Å². The molecule has 3 saturated heterocycles. The van der Waals surface area contributed by atoms with Crippen molar-refractivity contribution in [3.63, 3.8) is 0 Å². The number of hydrogen-bond donors (Lipinski definition) is 1. The Hall–Kier alpha value is -2.61. The molecule has 3 atom stereocenters. The van der Waals surface area contributed by atoms with Crippen LogP contribution in [0, 0.1) is 5.92 Å². The van der Waals surface area contributed by atoms with Crippen LogP contribution in [0.25, 0.3) is 0 Å². The predicted octanol–water partition coefficient (Wildman–Crippen LogP) is 2.62. The molecule has 180 valence electrons. The first-order valence-corrected chi connectivity index (χ1v) is 12.2. The minimum absolute atomic E-state index is 0.0404. The Balaban J connectivity index is 1.26. The van der Waals surface area contributed by atoms with E-state index in [1.54, 1.807) is 19.2 Å². The fourth-order valence-electron chi connectivity index (χ4n) is 5.54. The van der Waals surface area contributed by atoms with E-state index in [0.29, 0.717) is 18.4 Å². The second-order valence-corrected chi connectivity index (χ2v) is 9.59. The molecule has 33 heavy (non-hydrogen) atoms. The van der Waals surface area contributed by atoms with E-state index in [1.807, 2.05) is 24.1 Å². The summed E-state index contributed by atoms with van der Waals surface area (Å²) in [6, 6.07) is 6.84. The number of amides is 4. The SMILES string of the molecule is COc1ccc(CN2C(=O)N[C@H](CCC(=O)N(C)C[C@H]3CCCN4CCCC[C@@H]34)C2=O)cc1. The number of benzene rings is 1. The number of nitrogens with zero attached hydrogens (tertiary/aromatic N) is 3. The summed E-state index contributed by atoms with van der Waals surface area (Å²) >= 11 is 0. The van der Waals surface area contributed by atoms with Gasteiger partial charge in [-0.05, 0) is 68.8 Å². The van der Waals surface area contributed by atoms with Crippen LogP contribution in [0.15, 0.2) is 24.3 Å². The number of urea groups is 1. The molecule has 0 aliphatic carbocycles. The van der Waals surface area contributed by atoms with Gasteiger partial charge < -0.3 is 19.9 Å². The molecule has 3 heterocycles. The van der Waals surface area contributed by atoms with E-state index in [-0.39, 0.29) is 24.8 Å². The summed E-state index contributed by atoms with van der Waals surface area (Å²) in [5, 5.41) is 2.74. The lowest BCUT2D eigenvalue weighted by molar-refractivity contribution is -0.132. The Bertz CT molecular complexity index is 856. The van der Waals surface area contributed by atoms with E-state index in [1.165, 1.54) is 50.1 Å². The molecule has 0 unspecified atom stereocenters. The summed E-state index contributed by atoms with van der Waals surface area (Å²) in [5.74, 6) is 1.02. The first kappa shape index (κ1) is 23.5. The Kier molecular flexibility index (Phi) is 7.53. The molecule has 8 nitrogen and oxygen atoms in total.